The molecule has 0 aliphatic carbocycles. The molecule has 0 aliphatic rings. The normalized spacial score (nSPS) is 12.3. The van der Waals surface area contributed by atoms with Crippen molar-refractivity contribution in [3.8, 4) is 11.5 Å². The molecule has 1 unspecified atom stereocenters. The van der Waals surface area contributed by atoms with Gasteiger partial charge in [0.25, 0.3) is 5.91 Å². The van der Waals surface area contributed by atoms with Crippen LogP contribution in [0.25, 0.3) is 0 Å². The molecule has 1 amide bonds. The van der Waals surface area contributed by atoms with E-state index < -0.39 is 6.61 Å². The van der Waals surface area contributed by atoms with Gasteiger partial charge >= 0.3 is 6.61 Å². The number of carbonyl (C=O) groups is 1. The van der Waals surface area contributed by atoms with Gasteiger partial charge in [-0.15, -0.1) is 0 Å². The van der Waals surface area contributed by atoms with Crippen LogP contribution < -0.4 is 19.7 Å². The maximum Gasteiger partial charge on any atom is 0.387 e. The molecule has 1 aromatic carbocycles. The molecule has 2 N–H and O–H groups in total. The second-order valence-electron chi connectivity index (χ2n) is 5.87. The van der Waals surface area contributed by atoms with Gasteiger partial charge in [-0.25, -0.2) is 0 Å². The number of likely N-dealkylation sites (N-methyl/N-ethyl adjacent to an activating group) is 1. The van der Waals surface area contributed by atoms with Crippen molar-refractivity contribution in [1.29, 1.82) is 0 Å². The molecule has 7 heteroatoms. The summed E-state index contributed by atoms with van der Waals surface area (Å²) < 4.78 is 34.0. The molecule has 1 aromatic rings. The van der Waals surface area contributed by atoms with Crippen LogP contribution in [0.3, 0.4) is 0 Å². The highest BCUT2D eigenvalue weighted by Gasteiger charge is 2.14. The van der Waals surface area contributed by atoms with Crippen LogP contribution in [0.5, 0.6) is 11.5 Å². The SMILES string of the molecule is COc1cc(C[NH+](C)CC(=O)NCC(C)C)ccc1OC(F)F. The number of methoxy groups -OCH3 is 1. The van der Waals surface area contributed by atoms with E-state index in [1.54, 1.807) is 12.1 Å². The second kappa shape index (κ2) is 9.29. The van der Waals surface area contributed by atoms with Crippen LogP contribution in [0.2, 0.25) is 0 Å². The lowest BCUT2D eigenvalue weighted by Crippen LogP contribution is -3.08. The van der Waals surface area contributed by atoms with E-state index in [-0.39, 0.29) is 17.4 Å². The van der Waals surface area contributed by atoms with Crippen LogP contribution in [0.1, 0.15) is 19.4 Å². The van der Waals surface area contributed by atoms with Crippen molar-refractivity contribution in [3.05, 3.63) is 23.8 Å². The van der Waals surface area contributed by atoms with Gasteiger partial charge in [-0.2, -0.15) is 8.78 Å². The van der Waals surface area contributed by atoms with E-state index in [2.05, 4.69) is 10.1 Å². The van der Waals surface area contributed by atoms with Gasteiger partial charge < -0.3 is 19.7 Å². The number of hydrogen-bond donors (Lipinski definition) is 2. The lowest BCUT2D eigenvalue weighted by Gasteiger charge is -2.16. The molecule has 0 aromatic heterocycles. The van der Waals surface area contributed by atoms with E-state index in [9.17, 15) is 13.6 Å². The Hall–Kier alpha value is -1.89. The molecule has 0 saturated heterocycles. The Morgan fingerprint density at radius 1 is 1.30 bits per heavy atom. The lowest BCUT2D eigenvalue weighted by molar-refractivity contribution is -0.885. The zero-order valence-corrected chi connectivity index (χ0v) is 14.0. The number of halogens is 2. The molecule has 0 heterocycles. The van der Waals surface area contributed by atoms with Crippen molar-refractivity contribution in [2.75, 3.05) is 27.2 Å². The Morgan fingerprint density at radius 2 is 2.00 bits per heavy atom. The third kappa shape index (κ3) is 7.27. The Morgan fingerprint density at radius 3 is 2.57 bits per heavy atom. The molecule has 23 heavy (non-hydrogen) atoms. The summed E-state index contributed by atoms with van der Waals surface area (Å²) in [7, 11) is 3.29. The number of amides is 1. The lowest BCUT2D eigenvalue weighted by atomic mass is 10.2. The van der Waals surface area contributed by atoms with Crippen molar-refractivity contribution in [1.82, 2.24) is 5.32 Å². The molecule has 5 nitrogen and oxygen atoms in total. The Labute approximate surface area is 135 Å². The van der Waals surface area contributed by atoms with Gasteiger partial charge in [0.05, 0.1) is 14.2 Å². The summed E-state index contributed by atoms with van der Waals surface area (Å²) in [6.07, 6.45) is 0. The predicted molar refractivity (Wildman–Crippen MR) is 82.9 cm³/mol. The second-order valence-corrected chi connectivity index (χ2v) is 5.87. The molecule has 0 bridgehead atoms. The highest BCUT2D eigenvalue weighted by Crippen LogP contribution is 2.29. The molecule has 0 fully saturated rings. The summed E-state index contributed by atoms with van der Waals surface area (Å²) in [5.41, 5.74) is 0.873. The smallest absolute Gasteiger partial charge is 0.387 e. The molecule has 130 valence electrons. The first-order chi connectivity index (χ1) is 10.8. The van der Waals surface area contributed by atoms with E-state index in [0.29, 0.717) is 25.6 Å². The summed E-state index contributed by atoms with van der Waals surface area (Å²) in [5.74, 6) is 0.644. The molecule has 0 spiro atoms. The van der Waals surface area contributed by atoms with Crippen LogP contribution >= 0.6 is 0 Å². The summed E-state index contributed by atoms with van der Waals surface area (Å²) in [5, 5.41) is 2.86. The van der Waals surface area contributed by atoms with E-state index in [1.165, 1.54) is 13.2 Å². The Bertz CT molecular complexity index is 510. The first-order valence-electron chi connectivity index (χ1n) is 7.51. The van der Waals surface area contributed by atoms with Crippen molar-refractivity contribution >= 4 is 5.91 Å². The minimum atomic E-state index is -2.90. The van der Waals surface area contributed by atoms with Gasteiger partial charge in [0.1, 0.15) is 6.54 Å². The minimum absolute atomic E-state index is 0.00132. The molecule has 1 rings (SSSR count). The van der Waals surface area contributed by atoms with Gasteiger partial charge in [0.15, 0.2) is 18.0 Å². The van der Waals surface area contributed by atoms with Crippen LogP contribution in [-0.2, 0) is 11.3 Å². The monoisotopic (exact) mass is 331 g/mol. The summed E-state index contributed by atoms with van der Waals surface area (Å²) >= 11 is 0. The number of nitrogens with one attached hydrogen (secondary N) is 2. The number of alkyl halides is 2. The van der Waals surface area contributed by atoms with Crippen LogP contribution in [0.4, 0.5) is 8.78 Å². The van der Waals surface area contributed by atoms with E-state index in [0.717, 1.165) is 10.5 Å². The third-order valence-electron chi connectivity index (χ3n) is 3.12. The highest BCUT2D eigenvalue weighted by atomic mass is 19.3. The maximum atomic E-state index is 12.3. The number of quaternary nitrogens is 1. The zero-order valence-electron chi connectivity index (χ0n) is 14.0. The van der Waals surface area contributed by atoms with E-state index in [1.807, 2.05) is 20.9 Å². The molecule has 0 aliphatic heterocycles. The van der Waals surface area contributed by atoms with Gasteiger partial charge in [-0.3, -0.25) is 4.79 Å². The summed E-state index contributed by atoms with van der Waals surface area (Å²) in [4.78, 5) is 12.8. The van der Waals surface area contributed by atoms with Crippen molar-refractivity contribution < 1.29 is 27.9 Å². The maximum absolute atomic E-state index is 12.3. The average Bonchev–Trinajstić information content (AvgIpc) is 2.46. The van der Waals surface area contributed by atoms with Crippen LogP contribution in [0, 0.1) is 5.92 Å². The van der Waals surface area contributed by atoms with Gasteiger partial charge in [-0.1, -0.05) is 13.8 Å². The predicted octanol–water partition coefficient (Wildman–Crippen LogP) is 1.08. The fourth-order valence-electron chi connectivity index (χ4n) is 2.08. The van der Waals surface area contributed by atoms with E-state index >= 15 is 0 Å². The van der Waals surface area contributed by atoms with Crippen molar-refractivity contribution in [2.24, 2.45) is 5.92 Å². The first kappa shape index (κ1) is 19.2. The fourth-order valence-corrected chi connectivity index (χ4v) is 2.08. The molecule has 0 radical (unpaired) electrons. The molecular weight excluding hydrogens is 306 g/mol. The van der Waals surface area contributed by atoms with Gasteiger partial charge in [0, 0.05) is 12.1 Å². The van der Waals surface area contributed by atoms with E-state index in [4.69, 9.17) is 4.74 Å². The number of benzene rings is 1. The molecule has 0 saturated carbocycles. The number of rotatable bonds is 9. The highest BCUT2D eigenvalue weighted by molar-refractivity contribution is 5.76. The third-order valence-corrected chi connectivity index (χ3v) is 3.12. The summed E-state index contributed by atoms with van der Waals surface area (Å²) in [6, 6.07) is 4.79. The van der Waals surface area contributed by atoms with Crippen molar-refractivity contribution in [2.45, 2.75) is 27.0 Å². The number of hydrogen-bond acceptors (Lipinski definition) is 3. The zero-order chi connectivity index (χ0) is 17.4. The fraction of sp³-hybridized carbons (Fsp3) is 0.562. The largest absolute Gasteiger partial charge is 0.493 e. The topological polar surface area (TPSA) is 52.0 Å². The van der Waals surface area contributed by atoms with Crippen molar-refractivity contribution in [3.63, 3.8) is 0 Å². The quantitative estimate of drug-likeness (QED) is 0.712. The van der Waals surface area contributed by atoms with Gasteiger partial charge in [-0.05, 0) is 24.1 Å². The average molecular weight is 331 g/mol. The number of carbonyl (C=O) groups excluding carboxylic acids is 1. The summed E-state index contributed by atoms with van der Waals surface area (Å²) in [6.45, 7) is 2.73. The Kier molecular flexibility index (Phi) is 7.74. The van der Waals surface area contributed by atoms with Gasteiger partial charge in [0.2, 0.25) is 0 Å². The molecule has 1 atom stereocenters. The van der Waals surface area contributed by atoms with Crippen LogP contribution in [-0.4, -0.2) is 39.8 Å². The number of ether oxygens (including phenoxy) is 2. The van der Waals surface area contributed by atoms with Crippen LogP contribution in [0.15, 0.2) is 18.2 Å². The Balaban J connectivity index is 2.60. The molecular formula is C16H25F2N2O3+. The minimum Gasteiger partial charge on any atom is -0.493 e. The first-order valence-corrected chi connectivity index (χ1v) is 7.51. The standard InChI is InChI=1S/C16H24F2N2O3/c1-11(2)8-19-15(21)10-20(3)9-12-5-6-13(23-16(17)18)14(7-12)22-4/h5-7,11,16H,8-10H2,1-4H3,(H,19,21)/p+1.